The van der Waals surface area contributed by atoms with E-state index in [1.54, 1.807) is 24.1 Å². The molecule has 1 aromatic carbocycles. The molecule has 0 bridgehead atoms. The summed E-state index contributed by atoms with van der Waals surface area (Å²) in [5, 5.41) is 0. The van der Waals surface area contributed by atoms with Crippen molar-refractivity contribution in [3.63, 3.8) is 0 Å². The van der Waals surface area contributed by atoms with Crippen LogP contribution in [-0.4, -0.2) is 23.4 Å². The van der Waals surface area contributed by atoms with Crippen LogP contribution in [0.2, 0.25) is 0 Å². The van der Waals surface area contributed by atoms with Crippen LogP contribution in [0.1, 0.15) is 38.2 Å². The van der Waals surface area contributed by atoms with Gasteiger partial charge in [-0.1, -0.05) is 25.0 Å². The molecule has 1 amide bonds. The molecule has 2 unspecified atom stereocenters. The quantitative estimate of drug-likeness (QED) is 0.924. The highest BCUT2D eigenvalue weighted by atomic mass is 19.1. The van der Waals surface area contributed by atoms with Crippen LogP contribution in [0.5, 0.6) is 0 Å². The molecule has 1 saturated carbocycles. The lowest BCUT2D eigenvalue weighted by atomic mass is 9.74. The SMILES string of the molecule is CN(Cc1ccc(F)cc1)C(=O)C1CCCCC1(C)N. The minimum atomic E-state index is -0.410. The number of halogens is 1. The third kappa shape index (κ3) is 3.37. The van der Waals surface area contributed by atoms with Crippen LogP contribution in [0.4, 0.5) is 4.39 Å². The number of benzene rings is 1. The molecule has 4 heteroatoms. The first-order chi connectivity index (χ1) is 9.40. The minimum Gasteiger partial charge on any atom is -0.341 e. The lowest BCUT2D eigenvalue weighted by molar-refractivity contribution is -0.138. The van der Waals surface area contributed by atoms with Gasteiger partial charge >= 0.3 is 0 Å². The fraction of sp³-hybridized carbons (Fsp3) is 0.562. The minimum absolute atomic E-state index is 0.0963. The predicted octanol–water partition coefficient (Wildman–Crippen LogP) is 2.69. The molecule has 2 N–H and O–H groups in total. The summed E-state index contributed by atoms with van der Waals surface area (Å²) in [6, 6.07) is 6.26. The summed E-state index contributed by atoms with van der Waals surface area (Å²) < 4.78 is 12.9. The Kier molecular flexibility index (Phi) is 4.43. The first-order valence-corrected chi connectivity index (χ1v) is 7.18. The number of rotatable bonds is 3. The molecule has 1 aliphatic rings. The van der Waals surface area contributed by atoms with E-state index in [2.05, 4.69) is 0 Å². The van der Waals surface area contributed by atoms with Crippen molar-refractivity contribution < 1.29 is 9.18 Å². The van der Waals surface area contributed by atoms with Gasteiger partial charge in [0.1, 0.15) is 5.82 Å². The van der Waals surface area contributed by atoms with Gasteiger partial charge in [-0.15, -0.1) is 0 Å². The van der Waals surface area contributed by atoms with Crippen LogP contribution < -0.4 is 5.73 Å². The number of hydrogen-bond donors (Lipinski definition) is 1. The van der Waals surface area contributed by atoms with Crippen LogP contribution >= 0.6 is 0 Å². The Bertz CT molecular complexity index is 470. The van der Waals surface area contributed by atoms with E-state index in [0.717, 1.165) is 31.2 Å². The van der Waals surface area contributed by atoms with Crippen molar-refractivity contribution in [3.05, 3.63) is 35.6 Å². The van der Waals surface area contributed by atoms with E-state index in [1.807, 2.05) is 6.92 Å². The second-order valence-corrected chi connectivity index (χ2v) is 6.12. The largest absolute Gasteiger partial charge is 0.341 e. The average molecular weight is 278 g/mol. The van der Waals surface area contributed by atoms with Crippen molar-refractivity contribution in [2.45, 2.75) is 44.7 Å². The summed E-state index contributed by atoms with van der Waals surface area (Å²) in [6.45, 7) is 2.46. The van der Waals surface area contributed by atoms with Crippen molar-refractivity contribution in [1.29, 1.82) is 0 Å². The van der Waals surface area contributed by atoms with E-state index in [0.29, 0.717) is 6.54 Å². The summed E-state index contributed by atoms with van der Waals surface area (Å²) in [5.41, 5.74) is 6.79. The molecule has 1 fully saturated rings. The number of hydrogen-bond acceptors (Lipinski definition) is 2. The van der Waals surface area contributed by atoms with Gasteiger partial charge in [0.25, 0.3) is 0 Å². The summed E-state index contributed by atoms with van der Waals surface area (Å²) in [4.78, 5) is 14.3. The number of nitrogens with zero attached hydrogens (tertiary/aromatic N) is 1. The zero-order valence-corrected chi connectivity index (χ0v) is 12.2. The average Bonchev–Trinajstić information content (AvgIpc) is 2.40. The van der Waals surface area contributed by atoms with Crippen molar-refractivity contribution in [2.24, 2.45) is 11.7 Å². The number of amides is 1. The molecule has 2 atom stereocenters. The standard InChI is InChI=1S/C16H23FN2O/c1-16(18)10-4-3-5-14(16)15(20)19(2)11-12-6-8-13(17)9-7-12/h6-9,14H,3-5,10-11,18H2,1-2H3. The van der Waals surface area contributed by atoms with Gasteiger partial charge < -0.3 is 10.6 Å². The van der Waals surface area contributed by atoms with Gasteiger partial charge in [0.2, 0.25) is 5.91 Å². The molecule has 20 heavy (non-hydrogen) atoms. The van der Waals surface area contributed by atoms with E-state index in [-0.39, 0.29) is 17.6 Å². The van der Waals surface area contributed by atoms with Crippen LogP contribution in [0.3, 0.4) is 0 Å². The van der Waals surface area contributed by atoms with Crippen molar-refractivity contribution in [3.8, 4) is 0 Å². The molecule has 0 aliphatic heterocycles. The maximum Gasteiger partial charge on any atom is 0.227 e. The van der Waals surface area contributed by atoms with Crippen LogP contribution in [-0.2, 0) is 11.3 Å². The zero-order valence-electron chi connectivity index (χ0n) is 12.2. The second-order valence-electron chi connectivity index (χ2n) is 6.12. The molecular formula is C16H23FN2O. The number of carbonyl (C=O) groups is 1. The van der Waals surface area contributed by atoms with Gasteiger partial charge in [-0.05, 0) is 37.5 Å². The smallest absolute Gasteiger partial charge is 0.227 e. The maximum absolute atomic E-state index is 12.9. The number of nitrogens with two attached hydrogens (primary N) is 1. The summed E-state index contributed by atoms with van der Waals surface area (Å²) >= 11 is 0. The third-order valence-corrected chi connectivity index (χ3v) is 4.26. The molecule has 110 valence electrons. The van der Waals surface area contributed by atoms with Gasteiger partial charge in [0.15, 0.2) is 0 Å². The lowest BCUT2D eigenvalue weighted by Gasteiger charge is -2.39. The Balaban J connectivity index is 2.02. The van der Waals surface area contributed by atoms with Gasteiger partial charge in [0, 0.05) is 19.1 Å². The Hall–Kier alpha value is -1.42. The molecule has 1 aliphatic carbocycles. The molecule has 0 heterocycles. The van der Waals surface area contributed by atoms with Crippen molar-refractivity contribution >= 4 is 5.91 Å². The lowest BCUT2D eigenvalue weighted by Crippen LogP contribution is -2.53. The highest BCUT2D eigenvalue weighted by molar-refractivity contribution is 5.80. The first kappa shape index (κ1) is 15.0. The maximum atomic E-state index is 12.9. The Morgan fingerprint density at radius 3 is 2.65 bits per heavy atom. The Morgan fingerprint density at radius 1 is 1.40 bits per heavy atom. The third-order valence-electron chi connectivity index (χ3n) is 4.26. The van der Waals surface area contributed by atoms with Gasteiger partial charge in [-0.25, -0.2) is 4.39 Å². The molecule has 2 rings (SSSR count). The first-order valence-electron chi connectivity index (χ1n) is 7.18. The highest BCUT2D eigenvalue weighted by Gasteiger charge is 2.38. The van der Waals surface area contributed by atoms with Crippen LogP contribution in [0.25, 0.3) is 0 Å². The molecule has 1 aromatic rings. The van der Waals surface area contributed by atoms with E-state index >= 15 is 0 Å². The van der Waals surface area contributed by atoms with Gasteiger partial charge in [0.05, 0.1) is 5.92 Å². The number of carbonyl (C=O) groups excluding carboxylic acids is 1. The second kappa shape index (κ2) is 5.92. The molecule has 0 saturated heterocycles. The molecule has 3 nitrogen and oxygen atoms in total. The summed E-state index contributed by atoms with van der Waals surface area (Å²) in [7, 11) is 1.79. The van der Waals surface area contributed by atoms with Crippen LogP contribution in [0.15, 0.2) is 24.3 Å². The van der Waals surface area contributed by atoms with Crippen LogP contribution in [0, 0.1) is 11.7 Å². The normalized spacial score (nSPS) is 26.3. The van der Waals surface area contributed by atoms with E-state index in [4.69, 9.17) is 5.73 Å². The molecule has 0 spiro atoms. The fourth-order valence-corrected chi connectivity index (χ4v) is 2.97. The highest BCUT2D eigenvalue weighted by Crippen LogP contribution is 2.32. The molecule has 0 aromatic heterocycles. The molecular weight excluding hydrogens is 255 g/mol. The fourth-order valence-electron chi connectivity index (χ4n) is 2.97. The topological polar surface area (TPSA) is 46.3 Å². The summed E-state index contributed by atoms with van der Waals surface area (Å²) in [5.74, 6) is -0.273. The Labute approximate surface area is 120 Å². The molecule has 0 radical (unpaired) electrons. The van der Waals surface area contributed by atoms with Crippen molar-refractivity contribution in [1.82, 2.24) is 4.90 Å². The van der Waals surface area contributed by atoms with E-state index < -0.39 is 5.54 Å². The Morgan fingerprint density at radius 2 is 2.05 bits per heavy atom. The van der Waals surface area contributed by atoms with Gasteiger partial charge in [-0.3, -0.25) is 4.79 Å². The van der Waals surface area contributed by atoms with Gasteiger partial charge in [-0.2, -0.15) is 0 Å². The summed E-state index contributed by atoms with van der Waals surface area (Å²) in [6.07, 6.45) is 3.92. The predicted molar refractivity (Wildman–Crippen MR) is 77.4 cm³/mol. The van der Waals surface area contributed by atoms with E-state index in [1.165, 1.54) is 12.1 Å². The monoisotopic (exact) mass is 278 g/mol. The van der Waals surface area contributed by atoms with Crippen molar-refractivity contribution in [2.75, 3.05) is 7.05 Å². The van der Waals surface area contributed by atoms with E-state index in [9.17, 15) is 9.18 Å². The zero-order chi connectivity index (χ0) is 14.8.